The summed E-state index contributed by atoms with van der Waals surface area (Å²) >= 11 is 1.75. The molecule has 1 unspecified atom stereocenters. The van der Waals surface area contributed by atoms with Crippen LogP contribution in [0.1, 0.15) is 10.4 Å². The Kier molecular flexibility index (Phi) is 5.64. The van der Waals surface area contributed by atoms with Crippen LogP contribution in [0.4, 0.5) is 16.4 Å². The van der Waals surface area contributed by atoms with E-state index in [0.717, 1.165) is 54.0 Å². The van der Waals surface area contributed by atoms with Crippen molar-refractivity contribution >= 4 is 46.2 Å². The molecular formula is C21H25N5O2S. The molecule has 1 fully saturated rings. The number of ether oxygens (including phenoxy) is 1. The van der Waals surface area contributed by atoms with Gasteiger partial charge in [-0.05, 0) is 31.8 Å². The third kappa shape index (κ3) is 4.04. The van der Waals surface area contributed by atoms with Gasteiger partial charge in [0.25, 0.3) is 0 Å². The van der Waals surface area contributed by atoms with Gasteiger partial charge in [-0.25, -0.2) is 9.79 Å². The van der Waals surface area contributed by atoms with Gasteiger partial charge in [-0.2, -0.15) is 0 Å². The Hall–Kier alpha value is -2.71. The summed E-state index contributed by atoms with van der Waals surface area (Å²) in [6.45, 7) is 9.51. The van der Waals surface area contributed by atoms with E-state index in [1.165, 1.54) is 12.0 Å². The zero-order valence-electron chi connectivity index (χ0n) is 16.7. The number of anilines is 2. The molecule has 2 aliphatic heterocycles. The number of thiophene rings is 1. The molecule has 1 aromatic carbocycles. The first-order chi connectivity index (χ1) is 14.1. The van der Waals surface area contributed by atoms with Gasteiger partial charge >= 0.3 is 5.97 Å². The molecule has 0 bridgehead atoms. The summed E-state index contributed by atoms with van der Waals surface area (Å²) in [4.78, 5) is 26.6. The number of piperazine rings is 1. The lowest BCUT2D eigenvalue weighted by Crippen LogP contribution is -2.51. The molecule has 29 heavy (non-hydrogen) atoms. The molecule has 7 nitrogen and oxygen atoms in total. The Labute approximate surface area is 174 Å². The summed E-state index contributed by atoms with van der Waals surface area (Å²) in [5.74, 6) is 0.671. The Bertz CT molecular complexity index is 946. The van der Waals surface area contributed by atoms with Gasteiger partial charge in [-0.3, -0.25) is 9.89 Å². The smallest absolute Gasteiger partial charge is 0.331 e. The van der Waals surface area contributed by atoms with Crippen LogP contribution in [0.25, 0.3) is 0 Å². The van der Waals surface area contributed by atoms with Crippen LogP contribution in [-0.4, -0.2) is 74.2 Å². The van der Waals surface area contributed by atoms with E-state index in [9.17, 15) is 4.79 Å². The number of fused-ring (bicyclic) bond motifs is 2. The Morgan fingerprint density at radius 1 is 1.34 bits per heavy atom. The van der Waals surface area contributed by atoms with Crippen LogP contribution in [0.2, 0.25) is 0 Å². The third-order valence-electron chi connectivity index (χ3n) is 5.27. The number of benzene rings is 1. The molecule has 1 N–H and O–H groups in total. The molecule has 0 spiro atoms. The van der Waals surface area contributed by atoms with Gasteiger partial charge in [-0.15, -0.1) is 11.3 Å². The fourth-order valence-corrected chi connectivity index (χ4v) is 4.64. The predicted octanol–water partition coefficient (Wildman–Crippen LogP) is 3.05. The minimum absolute atomic E-state index is 0.336. The number of amidine groups is 1. The first-order valence-electron chi connectivity index (χ1n) is 9.65. The Morgan fingerprint density at radius 3 is 2.83 bits per heavy atom. The van der Waals surface area contributed by atoms with Crippen molar-refractivity contribution in [3.63, 3.8) is 0 Å². The zero-order chi connectivity index (χ0) is 20.4. The fourth-order valence-electron chi connectivity index (χ4n) is 3.72. The number of carbonyl (C=O) groups is 1. The molecule has 0 aliphatic carbocycles. The molecule has 0 radical (unpaired) electrons. The van der Waals surface area contributed by atoms with E-state index >= 15 is 0 Å². The monoisotopic (exact) mass is 411 g/mol. The normalized spacial score (nSPS) is 17.3. The minimum Gasteiger partial charge on any atom is -0.467 e. The van der Waals surface area contributed by atoms with Crippen LogP contribution in [0.5, 0.6) is 0 Å². The van der Waals surface area contributed by atoms with Crippen molar-refractivity contribution in [1.82, 2.24) is 9.80 Å². The van der Waals surface area contributed by atoms with E-state index in [-0.39, 0.29) is 5.97 Å². The maximum Gasteiger partial charge on any atom is 0.331 e. The van der Waals surface area contributed by atoms with Crippen LogP contribution in [0.3, 0.4) is 0 Å². The average molecular weight is 412 g/mol. The molecule has 2 aliphatic rings. The number of carbonyl (C=O) groups excluding carboxylic acids is 1. The quantitative estimate of drug-likeness (QED) is 0.619. The average Bonchev–Trinajstić information content (AvgIpc) is 3.03. The van der Waals surface area contributed by atoms with Gasteiger partial charge in [0.1, 0.15) is 10.8 Å². The lowest BCUT2D eigenvalue weighted by Gasteiger charge is -2.37. The first kappa shape index (κ1) is 19.6. The zero-order valence-corrected chi connectivity index (χ0v) is 17.5. The number of hydrogen-bond donors (Lipinski definition) is 1. The Morgan fingerprint density at radius 2 is 2.10 bits per heavy atom. The van der Waals surface area contributed by atoms with Crippen LogP contribution < -0.4 is 5.32 Å². The number of methoxy groups -OCH3 is 1. The highest BCUT2D eigenvalue weighted by Gasteiger charge is 2.28. The summed E-state index contributed by atoms with van der Waals surface area (Å²) in [5, 5.41) is 4.68. The van der Waals surface area contributed by atoms with Crippen molar-refractivity contribution in [2.75, 3.05) is 45.2 Å². The lowest BCUT2D eigenvalue weighted by molar-refractivity contribution is -0.142. The van der Waals surface area contributed by atoms with Crippen molar-refractivity contribution in [3.05, 3.63) is 40.8 Å². The lowest BCUT2D eigenvalue weighted by atomic mass is 10.2. The number of rotatable bonds is 4. The summed E-state index contributed by atoms with van der Waals surface area (Å²) in [7, 11) is 1.38. The molecule has 1 saturated heterocycles. The maximum absolute atomic E-state index is 11.8. The van der Waals surface area contributed by atoms with Gasteiger partial charge in [0.05, 0.1) is 24.0 Å². The van der Waals surface area contributed by atoms with Gasteiger partial charge in [-0.1, -0.05) is 12.1 Å². The van der Waals surface area contributed by atoms with E-state index in [2.05, 4.69) is 45.9 Å². The molecule has 0 amide bonds. The molecule has 3 heterocycles. The largest absolute Gasteiger partial charge is 0.467 e. The number of para-hydroxylation sites is 2. The van der Waals surface area contributed by atoms with Crippen LogP contribution in [0, 0.1) is 6.92 Å². The molecule has 1 atom stereocenters. The van der Waals surface area contributed by atoms with Crippen molar-refractivity contribution in [2.24, 2.45) is 9.98 Å². The summed E-state index contributed by atoms with van der Waals surface area (Å²) in [5.41, 5.74) is 3.13. The second kappa shape index (κ2) is 8.34. The summed E-state index contributed by atoms with van der Waals surface area (Å²) < 4.78 is 4.81. The number of nitrogens with zero attached hydrogens (tertiary/aromatic N) is 4. The number of esters is 1. The summed E-state index contributed by atoms with van der Waals surface area (Å²) in [6.07, 6.45) is 0. The predicted molar refractivity (Wildman–Crippen MR) is 118 cm³/mol. The third-order valence-corrected chi connectivity index (χ3v) is 6.24. The summed E-state index contributed by atoms with van der Waals surface area (Å²) in [6, 6.07) is 9.81. The molecule has 8 heteroatoms. The molecule has 1 aromatic heterocycles. The van der Waals surface area contributed by atoms with Crippen molar-refractivity contribution in [3.8, 4) is 0 Å². The van der Waals surface area contributed by atoms with E-state index in [1.54, 1.807) is 11.3 Å². The maximum atomic E-state index is 11.8. The highest BCUT2D eigenvalue weighted by atomic mass is 32.1. The van der Waals surface area contributed by atoms with Crippen LogP contribution >= 0.6 is 11.3 Å². The molecule has 0 saturated carbocycles. The number of aryl methyl sites for hydroxylation is 1. The topological polar surface area (TPSA) is 69.5 Å². The van der Waals surface area contributed by atoms with Gasteiger partial charge in [0.15, 0.2) is 6.04 Å². The van der Waals surface area contributed by atoms with Gasteiger partial charge < -0.3 is 15.0 Å². The van der Waals surface area contributed by atoms with Crippen LogP contribution in [0.15, 0.2) is 40.3 Å². The molecule has 2 aromatic rings. The molecule has 152 valence electrons. The SMILES string of the molecule is C=NC(CN1CCN(C2=Nc3ccccc3Nc3sc(C)cc32)CC1)C(=O)OC. The van der Waals surface area contributed by atoms with E-state index in [1.807, 2.05) is 18.2 Å². The van der Waals surface area contributed by atoms with Crippen molar-refractivity contribution < 1.29 is 9.53 Å². The standard InChI is InChI=1S/C21H25N5O2S/c1-14-12-15-19(23-16-6-4-5-7-17(16)24-20(15)29-14)26-10-8-25(9-11-26)13-18(22-2)21(27)28-3/h4-7,12,18,24H,2,8-11,13H2,1,3H3. The molecule has 4 rings (SSSR count). The van der Waals surface area contributed by atoms with E-state index in [4.69, 9.17) is 9.73 Å². The highest BCUT2D eigenvalue weighted by Crippen LogP contribution is 2.39. The second-order valence-electron chi connectivity index (χ2n) is 7.19. The molecular weight excluding hydrogens is 386 g/mol. The van der Waals surface area contributed by atoms with Crippen LogP contribution in [-0.2, 0) is 9.53 Å². The number of hydrogen-bond acceptors (Lipinski definition) is 8. The Balaban J connectivity index is 1.53. The first-order valence-corrected chi connectivity index (χ1v) is 10.5. The van der Waals surface area contributed by atoms with Gasteiger partial charge in [0.2, 0.25) is 0 Å². The highest BCUT2D eigenvalue weighted by molar-refractivity contribution is 7.16. The van der Waals surface area contributed by atoms with Crippen molar-refractivity contribution in [1.29, 1.82) is 0 Å². The van der Waals surface area contributed by atoms with Gasteiger partial charge in [0, 0.05) is 37.6 Å². The van der Waals surface area contributed by atoms with E-state index in [0.29, 0.717) is 6.54 Å². The fraction of sp³-hybridized carbons (Fsp3) is 0.381. The number of aliphatic imine (C=N–C) groups is 2. The second-order valence-corrected chi connectivity index (χ2v) is 8.44. The van der Waals surface area contributed by atoms with Crippen molar-refractivity contribution in [2.45, 2.75) is 13.0 Å². The number of nitrogens with one attached hydrogen (secondary N) is 1. The van der Waals surface area contributed by atoms with E-state index < -0.39 is 6.04 Å². The minimum atomic E-state index is -0.538.